The van der Waals surface area contributed by atoms with Gasteiger partial charge in [-0.05, 0) is 43.2 Å². The number of carbonyl (C=O) groups excluding carboxylic acids is 1. The van der Waals surface area contributed by atoms with Crippen LogP contribution in [0.5, 0.6) is 11.5 Å². The lowest BCUT2D eigenvalue weighted by atomic mass is 10.2. The molecule has 0 atom stereocenters. The highest BCUT2D eigenvalue weighted by molar-refractivity contribution is 5.91. The molecule has 0 unspecified atom stereocenters. The van der Waals surface area contributed by atoms with Crippen molar-refractivity contribution in [2.75, 3.05) is 13.7 Å². The lowest BCUT2D eigenvalue weighted by molar-refractivity contribution is 0.0922. The fraction of sp³-hybridized carbons (Fsp3) is 0.389. The maximum atomic E-state index is 12.0. The first-order valence-electron chi connectivity index (χ1n) is 7.78. The first-order valence-corrected chi connectivity index (χ1v) is 7.78. The van der Waals surface area contributed by atoms with Crippen molar-refractivity contribution in [3.63, 3.8) is 0 Å². The van der Waals surface area contributed by atoms with Crippen LogP contribution in [0.15, 0.2) is 34.7 Å². The predicted octanol–water partition coefficient (Wildman–Crippen LogP) is 3.71. The topological polar surface area (TPSA) is 60.7 Å². The van der Waals surface area contributed by atoms with Crippen molar-refractivity contribution < 1.29 is 18.7 Å². The van der Waals surface area contributed by atoms with Crippen LogP contribution in [0.25, 0.3) is 0 Å². The Balaban J connectivity index is 1.96. The summed E-state index contributed by atoms with van der Waals surface area (Å²) in [5.74, 6) is 2.18. The number of furan rings is 1. The second-order valence-corrected chi connectivity index (χ2v) is 5.28. The monoisotopic (exact) mass is 317 g/mol. The number of ether oxygens (including phenoxy) is 2. The quantitative estimate of drug-likeness (QED) is 0.754. The minimum atomic E-state index is -0.236. The molecule has 0 saturated carbocycles. The van der Waals surface area contributed by atoms with Gasteiger partial charge in [-0.2, -0.15) is 0 Å². The molecule has 0 aliphatic heterocycles. The smallest absolute Gasteiger partial charge is 0.287 e. The third kappa shape index (κ3) is 4.77. The van der Waals surface area contributed by atoms with E-state index in [1.165, 1.54) is 0 Å². The molecule has 0 aliphatic rings. The number of aryl methyl sites for hydroxylation is 1. The molecule has 0 bridgehead atoms. The summed E-state index contributed by atoms with van der Waals surface area (Å²) < 4.78 is 16.3. The van der Waals surface area contributed by atoms with Gasteiger partial charge in [0.2, 0.25) is 0 Å². The van der Waals surface area contributed by atoms with E-state index >= 15 is 0 Å². The van der Waals surface area contributed by atoms with E-state index in [1.54, 1.807) is 26.2 Å². The Labute approximate surface area is 136 Å². The number of methoxy groups -OCH3 is 1. The third-order valence-electron chi connectivity index (χ3n) is 3.40. The van der Waals surface area contributed by atoms with Gasteiger partial charge in [-0.1, -0.05) is 19.4 Å². The highest BCUT2D eigenvalue weighted by Gasteiger charge is 2.11. The first kappa shape index (κ1) is 16.9. The molecular formula is C18H23NO4. The molecule has 1 amide bonds. The van der Waals surface area contributed by atoms with Gasteiger partial charge in [-0.3, -0.25) is 4.79 Å². The van der Waals surface area contributed by atoms with Crippen molar-refractivity contribution in [2.24, 2.45) is 0 Å². The number of carbonyl (C=O) groups is 1. The summed E-state index contributed by atoms with van der Waals surface area (Å²) in [5.41, 5.74) is 0.932. The van der Waals surface area contributed by atoms with Crippen molar-refractivity contribution in [1.82, 2.24) is 5.32 Å². The highest BCUT2D eigenvalue weighted by atomic mass is 16.5. The highest BCUT2D eigenvalue weighted by Crippen LogP contribution is 2.28. The summed E-state index contributed by atoms with van der Waals surface area (Å²) in [6.45, 7) is 4.98. The van der Waals surface area contributed by atoms with Crippen LogP contribution in [0.2, 0.25) is 0 Å². The normalized spacial score (nSPS) is 10.4. The van der Waals surface area contributed by atoms with Crippen molar-refractivity contribution in [2.45, 2.75) is 33.2 Å². The zero-order valence-electron chi connectivity index (χ0n) is 13.8. The second-order valence-electron chi connectivity index (χ2n) is 5.28. The molecule has 1 aromatic carbocycles. The minimum Gasteiger partial charge on any atom is -0.493 e. The lowest BCUT2D eigenvalue weighted by Gasteiger charge is -2.12. The average Bonchev–Trinajstić information content (AvgIpc) is 3.00. The van der Waals surface area contributed by atoms with Crippen LogP contribution in [-0.2, 0) is 6.54 Å². The summed E-state index contributed by atoms with van der Waals surface area (Å²) in [6, 6.07) is 9.08. The zero-order chi connectivity index (χ0) is 16.7. The Bertz CT molecular complexity index is 648. The van der Waals surface area contributed by atoms with Gasteiger partial charge in [0.05, 0.1) is 13.7 Å². The molecule has 1 heterocycles. The molecular weight excluding hydrogens is 294 g/mol. The van der Waals surface area contributed by atoms with E-state index in [9.17, 15) is 4.79 Å². The van der Waals surface area contributed by atoms with Crippen LogP contribution in [-0.4, -0.2) is 19.6 Å². The number of hydrogen-bond acceptors (Lipinski definition) is 4. The molecule has 1 aromatic heterocycles. The van der Waals surface area contributed by atoms with E-state index in [0.717, 1.165) is 24.2 Å². The fourth-order valence-corrected chi connectivity index (χ4v) is 2.09. The maximum absolute atomic E-state index is 12.0. The summed E-state index contributed by atoms with van der Waals surface area (Å²) in [4.78, 5) is 12.0. The van der Waals surface area contributed by atoms with Gasteiger partial charge in [0.25, 0.3) is 5.91 Å². The average molecular weight is 317 g/mol. The molecule has 0 spiro atoms. The largest absolute Gasteiger partial charge is 0.493 e. The summed E-state index contributed by atoms with van der Waals surface area (Å²) >= 11 is 0. The molecule has 0 fully saturated rings. The van der Waals surface area contributed by atoms with Gasteiger partial charge in [0, 0.05) is 6.54 Å². The Kier molecular flexibility index (Phi) is 6.09. The SMILES string of the molecule is CCCCOc1ccc(CNC(=O)c2ccc(C)o2)cc1OC. The number of nitrogens with one attached hydrogen (secondary N) is 1. The number of benzene rings is 1. The van der Waals surface area contributed by atoms with E-state index in [1.807, 2.05) is 18.2 Å². The number of amides is 1. The predicted molar refractivity (Wildman–Crippen MR) is 88.0 cm³/mol. The Morgan fingerprint density at radius 3 is 2.70 bits per heavy atom. The molecule has 0 radical (unpaired) electrons. The molecule has 2 aromatic rings. The Morgan fingerprint density at radius 2 is 2.04 bits per heavy atom. The molecule has 0 saturated heterocycles. The van der Waals surface area contributed by atoms with Crippen LogP contribution in [0.1, 0.15) is 41.6 Å². The summed E-state index contributed by atoms with van der Waals surface area (Å²) in [6.07, 6.45) is 2.09. The van der Waals surface area contributed by atoms with Gasteiger partial charge in [0.15, 0.2) is 17.3 Å². The number of hydrogen-bond donors (Lipinski definition) is 1. The van der Waals surface area contributed by atoms with E-state index in [2.05, 4.69) is 12.2 Å². The number of unbranched alkanes of at least 4 members (excludes halogenated alkanes) is 1. The van der Waals surface area contributed by atoms with Crippen LogP contribution in [0.4, 0.5) is 0 Å². The zero-order valence-corrected chi connectivity index (χ0v) is 13.8. The molecule has 2 rings (SSSR count). The Morgan fingerprint density at radius 1 is 1.22 bits per heavy atom. The molecule has 1 N–H and O–H groups in total. The van der Waals surface area contributed by atoms with Gasteiger partial charge >= 0.3 is 0 Å². The van der Waals surface area contributed by atoms with Gasteiger partial charge in [-0.15, -0.1) is 0 Å². The molecule has 5 heteroatoms. The van der Waals surface area contributed by atoms with Crippen LogP contribution < -0.4 is 14.8 Å². The minimum absolute atomic E-state index is 0.236. The Hall–Kier alpha value is -2.43. The summed E-state index contributed by atoms with van der Waals surface area (Å²) in [7, 11) is 1.61. The van der Waals surface area contributed by atoms with Crippen LogP contribution in [0, 0.1) is 6.92 Å². The van der Waals surface area contributed by atoms with Crippen molar-refractivity contribution >= 4 is 5.91 Å². The van der Waals surface area contributed by atoms with Gasteiger partial charge < -0.3 is 19.2 Å². The van der Waals surface area contributed by atoms with E-state index in [4.69, 9.17) is 13.9 Å². The van der Waals surface area contributed by atoms with Crippen molar-refractivity contribution in [3.8, 4) is 11.5 Å². The van der Waals surface area contributed by atoms with E-state index in [0.29, 0.717) is 30.4 Å². The van der Waals surface area contributed by atoms with Crippen LogP contribution >= 0.6 is 0 Å². The molecule has 124 valence electrons. The molecule has 0 aliphatic carbocycles. The third-order valence-corrected chi connectivity index (χ3v) is 3.40. The molecule has 5 nitrogen and oxygen atoms in total. The van der Waals surface area contributed by atoms with Gasteiger partial charge in [-0.25, -0.2) is 0 Å². The van der Waals surface area contributed by atoms with E-state index in [-0.39, 0.29) is 5.91 Å². The van der Waals surface area contributed by atoms with Crippen molar-refractivity contribution in [1.29, 1.82) is 0 Å². The van der Waals surface area contributed by atoms with E-state index < -0.39 is 0 Å². The number of rotatable bonds is 8. The first-order chi connectivity index (χ1) is 11.1. The molecule has 23 heavy (non-hydrogen) atoms. The fourth-order valence-electron chi connectivity index (χ4n) is 2.09. The van der Waals surface area contributed by atoms with Crippen molar-refractivity contribution in [3.05, 3.63) is 47.4 Å². The second kappa shape index (κ2) is 8.27. The van der Waals surface area contributed by atoms with Crippen LogP contribution in [0.3, 0.4) is 0 Å². The lowest BCUT2D eigenvalue weighted by Crippen LogP contribution is -2.22. The maximum Gasteiger partial charge on any atom is 0.287 e. The summed E-state index contributed by atoms with van der Waals surface area (Å²) in [5, 5.41) is 2.82. The van der Waals surface area contributed by atoms with Gasteiger partial charge in [0.1, 0.15) is 5.76 Å². The standard InChI is InChI=1S/C18H23NO4/c1-4-5-10-22-15-9-7-14(11-17(15)21-3)12-19-18(20)16-8-6-13(2)23-16/h6-9,11H,4-5,10,12H2,1-3H3,(H,19,20).